The summed E-state index contributed by atoms with van der Waals surface area (Å²) in [5, 5.41) is 35.7. The highest BCUT2D eigenvalue weighted by Gasteiger charge is 2.44. The molecule has 0 amide bonds. The maximum absolute atomic E-state index is 13.2. The third-order valence-electron chi connectivity index (χ3n) is 7.67. The number of para-hydroxylation sites is 2. The van der Waals surface area contributed by atoms with Crippen molar-refractivity contribution in [2.75, 3.05) is 0 Å². The first-order valence-corrected chi connectivity index (χ1v) is 11.7. The Labute approximate surface area is 194 Å². The Morgan fingerprint density at radius 2 is 1.65 bits per heavy atom. The molecule has 1 fully saturated rings. The van der Waals surface area contributed by atoms with Crippen LogP contribution < -0.4 is 0 Å². The number of benzene rings is 3. The number of ketones is 1. The molecule has 0 bridgehead atoms. The van der Waals surface area contributed by atoms with E-state index in [9.17, 15) is 20.1 Å². The van der Waals surface area contributed by atoms with Crippen molar-refractivity contribution in [3.8, 4) is 0 Å². The van der Waals surface area contributed by atoms with E-state index in [4.69, 9.17) is 4.74 Å². The number of rotatable bonds is 1. The smallest absolute Gasteiger partial charge is 0.164 e. The maximum atomic E-state index is 13.2. The van der Waals surface area contributed by atoms with Gasteiger partial charge in [0.2, 0.25) is 0 Å². The number of fused-ring (bicyclic) bond motifs is 10. The Morgan fingerprint density at radius 1 is 0.912 bits per heavy atom. The number of hydrogen-bond donors (Lipinski definition) is 4. The molecule has 1 aliphatic heterocycles. The summed E-state index contributed by atoms with van der Waals surface area (Å²) in [6.07, 6.45) is -4.39. The van der Waals surface area contributed by atoms with Gasteiger partial charge in [-0.05, 0) is 31.0 Å². The summed E-state index contributed by atoms with van der Waals surface area (Å²) in [5.74, 6) is 0.115. The average molecular weight is 456 g/mol. The fourth-order valence-electron chi connectivity index (χ4n) is 6.10. The van der Waals surface area contributed by atoms with Gasteiger partial charge >= 0.3 is 0 Å². The number of aryl methyl sites for hydroxylation is 1. The predicted octanol–water partition coefficient (Wildman–Crippen LogP) is 3.56. The number of ether oxygens (including phenoxy) is 1. The van der Waals surface area contributed by atoms with Crippen LogP contribution in [0.5, 0.6) is 0 Å². The van der Waals surface area contributed by atoms with Crippen molar-refractivity contribution in [2.24, 2.45) is 0 Å². The van der Waals surface area contributed by atoms with Crippen molar-refractivity contribution >= 4 is 49.4 Å². The number of carbonyl (C=O) groups is 1. The molecule has 5 atom stereocenters. The van der Waals surface area contributed by atoms with Gasteiger partial charge in [0.05, 0.1) is 22.7 Å². The first kappa shape index (κ1) is 20.2. The van der Waals surface area contributed by atoms with E-state index < -0.39 is 30.6 Å². The molecule has 4 N–H and O–H groups in total. The van der Waals surface area contributed by atoms with Crippen molar-refractivity contribution in [2.45, 2.75) is 50.4 Å². The summed E-state index contributed by atoms with van der Waals surface area (Å²) in [6.45, 7) is 1.68. The van der Waals surface area contributed by atoms with Crippen LogP contribution in [0.3, 0.4) is 0 Å². The maximum Gasteiger partial charge on any atom is 0.164 e. The van der Waals surface area contributed by atoms with Crippen molar-refractivity contribution in [1.29, 1.82) is 0 Å². The minimum absolute atomic E-state index is 0.115. The molecule has 2 aromatic heterocycles. The lowest BCUT2D eigenvalue weighted by Crippen LogP contribution is -2.54. The van der Waals surface area contributed by atoms with Crippen LogP contribution in [0.15, 0.2) is 48.5 Å². The summed E-state index contributed by atoms with van der Waals surface area (Å²) >= 11 is 0. The van der Waals surface area contributed by atoms with Crippen LogP contribution in [0, 0.1) is 0 Å². The molecular weight excluding hydrogens is 432 g/mol. The number of H-pyrrole nitrogens is 1. The lowest BCUT2D eigenvalue weighted by Gasteiger charge is -2.40. The minimum atomic E-state index is -1.36. The van der Waals surface area contributed by atoms with E-state index in [-0.39, 0.29) is 5.78 Å². The van der Waals surface area contributed by atoms with Gasteiger partial charge in [-0.15, -0.1) is 0 Å². The van der Waals surface area contributed by atoms with Crippen molar-refractivity contribution in [3.63, 3.8) is 0 Å². The van der Waals surface area contributed by atoms with Crippen LogP contribution >= 0.6 is 0 Å². The third-order valence-corrected chi connectivity index (χ3v) is 7.67. The molecule has 7 nitrogen and oxygen atoms in total. The van der Waals surface area contributed by atoms with E-state index in [2.05, 4.69) is 11.1 Å². The van der Waals surface area contributed by atoms with Crippen LogP contribution in [0.4, 0.5) is 0 Å². The number of aromatic nitrogens is 2. The van der Waals surface area contributed by atoms with Crippen LogP contribution in [-0.4, -0.2) is 55.1 Å². The van der Waals surface area contributed by atoms with E-state index in [1.165, 1.54) is 0 Å². The molecule has 172 valence electrons. The number of Topliss-reactive ketones (excluding diaryl/α,β-unsaturated/α-hetero) is 1. The monoisotopic (exact) mass is 456 g/mol. The van der Waals surface area contributed by atoms with Crippen molar-refractivity contribution in [1.82, 2.24) is 9.55 Å². The van der Waals surface area contributed by atoms with Crippen LogP contribution in [-0.2, 0) is 11.2 Å². The zero-order valence-electron chi connectivity index (χ0n) is 18.5. The Bertz CT molecular complexity index is 1650. The zero-order valence-corrected chi connectivity index (χ0v) is 18.5. The fourth-order valence-corrected chi connectivity index (χ4v) is 6.10. The van der Waals surface area contributed by atoms with E-state index in [0.717, 1.165) is 54.7 Å². The normalized spacial score (nSPS) is 27.4. The quantitative estimate of drug-likeness (QED) is 0.309. The van der Waals surface area contributed by atoms with E-state index in [1.54, 1.807) is 6.92 Å². The van der Waals surface area contributed by atoms with Gasteiger partial charge < -0.3 is 29.6 Å². The van der Waals surface area contributed by atoms with Gasteiger partial charge in [-0.2, -0.15) is 0 Å². The summed E-state index contributed by atoms with van der Waals surface area (Å²) in [6, 6.07) is 15.8. The standard InChI is InChI=1S/C27H24N2O5/c1-12-24(31)25(32)26(33)27(34-12)29-17-9-5-3-7-14(17)21-20-15(10-11-18(20)30)19-13-6-2-4-8-16(13)28-22(19)23(21)29/h2-9,12,24-28,31-33H,10-11H2,1H3/t12?,24-,25+,26?,27+/m0/s1. The Morgan fingerprint density at radius 3 is 2.47 bits per heavy atom. The molecule has 0 spiro atoms. The molecule has 0 saturated carbocycles. The van der Waals surface area contributed by atoms with Gasteiger partial charge in [-0.1, -0.05) is 36.4 Å². The Balaban J connectivity index is 1.70. The molecule has 7 heteroatoms. The average Bonchev–Trinajstić information content (AvgIpc) is 3.51. The lowest BCUT2D eigenvalue weighted by atomic mass is 9.96. The number of aromatic amines is 1. The number of nitrogens with one attached hydrogen (secondary N) is 1. The summed E-state index contributed by atoms with van der Waals surface area (Å²) in [4.78, 5) is 16.8. The number of nitrogens with zero attached hydrogens (tertiary/aromatic N) is 1. The largest absolute Gasteiger partial charge is 0.388 e. The molecule has 2 unspecified atom stereocenters. The highest BCUT2D eigenvalue weighted by atomic mass is 16.5. The molecule has 34 heavy (non-hydrogen) atoms. The minimum Gasteiger partial charge on any atom is -0.388 e. The molecule has 3 aromatic carbocycles. The van der Waals surface area contributed by atoms with Crippen LogP contribution in [0.1, 0.15) is 35.5 Å². The molecular formula is C27H24N2O5. The van der Waals surface area contributed by atoms with Gasteiger partial charge in [0.1, 0.15) is 18.3 Å². The van der Waals surface area contributed by atoms with Gasteiger partial charge in [0.25, 0.3) is 0 Å². The predicted molar refractivity (Wildman–Crippen MR) is 129 cm³/mol. The second-order valence-corrected chi connectivity index (χ2v) is 9.51. The van der Waals surface area contributed by atoms with Crippen molar-refractivity contribution < 1.29 is 24.9 Å². The molecule has 1 saturated heterocycles. The van der Waals surface area contributed by atoms with Crippen LogP contribution in [0.2, 0.25) is 0 Å². The number of hydrogen-bond acceptors (Lipinski definition) is 5. The fraction of sp³-hybridized carbons (Fsp3) is 0.296. The second kappa shape index (κ2) is 6.90. The zero-order chi connectivity index (χ0) is 23.3. The van der Waals surface area contributed by atoms with Gasteiger partial charge in [-0.3, -0.25) is 4.79 Å². The Hall–Kier alpha value is -3.23. The molecule has 5 aromatic rings. The summed E-state index contributed by atoms with van der Waals surface area (Å²) in [5.41, 5.74) is 5.21. The summed E-state index contributed by atoms with van der Waals surface area (Å²) < 4.78 is 8.01. The van der Waals surface area contributed by atoms with Crippen molar-refractivity contribution in [3.05, 3.63) is 59.7 Å². The topological polar surface area (TPSA) is 108 Å². The SMILES string of the molecule is CC1O[C@@H](n2c3ccccc3c3c4c(c5c6ccccc6[nH]c5c32)CCC4=O)C(O)[C@H](O)[C@H]1O. The molecule has 1 aliphatic carbocycles. The van der Waals surface area contributed by atoms with E-state index in [0.29, 0.717) is 12.8 Å². The van der Waals surface area contributed by atoms with Gasteiger partial charge in [-0.25, -0.2) is 0 Å². The molecule has 7 rings (SSSR count). The number of aliphatic hydroxyl groups excluding tert-OH is 3. The molecule has 2 aliphatic rings. The first-order chi connectivity index (χ1) is 16.5. The summed E-state index contributed by atoms with van der Waals surface area (Å²) in [7, 11) is 0. The Kier molecular flexibility index (Phi) is 4.09. The highest BCUT2D eigenvalue weighted by Crippen LogP contribution is 2.47. The second-order valence-electron chi connectivity index (χ2n) is 9.51. The van der Waals surface area contributed by atoms with Gasteiger partial charge in [0.15, 0.2) is 12.0 Å². The van der Waals surface area contributed by atoms with Crippen LogP contribution in [0.25, 0.3) is 43.6 Å². The lowest BCUT2D eigenvalue weighted by molar-refractivity contribution is -0.238. The molecule has 3 heterocycles. The highest BCUT2D eigenvalue weighted by molar-refractivity contribution is 6.30. The first-order valence-electron chi connectivity index (χ1n) is 11.7. The van der Waals surface area contributed by atoms with Gasteiger partial charge in [0, 0.05) is 39.0 Å². The molecule has 0 radical (unpaired) electrons. The van der Waals surface area contributed by atoms with E-state index in [1.807, 2.05) is 47.0 Å². The van der Waals surface area contributed by atoms with E-state index >= 15 is 0 Å². The third kappa shape index (κ3) is 2.42. The number of aliphatic hydroxyl groups is 3. The number of carbonyl (C=O) groups excluding carboxylic acids is 1.